The highest BCUT2D eigenvalue weighted by atomic mass is 19.1. The highest BCUT2D eigenvalue weighted by Gasteiger charge is 2.49. The number of aliphatic imine (C=N–C) groups is 1. The van der Waals surface area contributed by atoms with E-state index in [2.05, 4.69) is 22.4 Å². The Hall–Kier alpha value is -3.30. The van der Waals surface area contributed by atoms with Crippen molar-refractivity contribution < 1.29 is 28.2 Å². The number of nitrogens with zero attached hydrogens (tertiary/aromatic N) is 1. The second kappa shape index (κ2) is 11.0. The Morgan fingerprint density at radius 1 is 1.27 bits per heavy atom. The molecule has 2 aromatic carbocycles. The summed E-state index contributed by atoms with van der Waals surface area (Å²) >= 11 is 0. The SMILES string of the molecule is C=CC[C@]1(C(=O)NNCc2c(F)cccc2F)N=C(c2ccc(OCCCO)cc2)O[C@H]1C. The zero-order valence-electron chi connectivity index (χ0n) is 18.3. The van der Waals surface area contributed by atoms with E-state index in [4.69, 9.17) is 14.6 Å². The van der Waals surface area contributed by atoms with E-state index >= 15 is 0 Å². The van der Waals surface area contributed by atoms with E-state index in [0.29, 0.717) is 30.2 Å². The Labute approximate surface area is 191 Å². The van der Waals surface area contributed by atoms with Gasteiger partial charge < -0.3 is 14.6 Å². The van der Waals surface area contributed by atoms with Crippen molar-refractivity contribution in [2.45, 2.75) is 38.0 Å². The van der Waals surface area contributed by atoms with Crippen molar-refractivity contribution in [1.82, 2.24) is 10.9 Å². The zero-order valence-corrected chi connectivity index (χ0v) is 18.3. The van der Waals surface area contributed by atoms with Crippen molar-refractivity contribution in [3.05, 3.63) is 77.9 Å². The molecule has 7 nitrogen and oxygen atoms in total. The maximum absolute atomic E-state index is 13.8. The lowest BCUT2D eigenvalue weighted by molar-refractivity contribution is -0.129. The number of halogens is 2. The van der Waals surface area contributed by atoms with E-state index in [1.54, 1.807) is 37.3 Å². The molecule has 1 aliphatic heterocycles. The molecule has 3 N–H and O–H groups in total. The molecule has 9 heteroatoms. The largest absolute Gasteiger partial charge is 0.494 e. The minimum absolute atomic E-state index is 0.0537. The van der Waals surface area contributed by atoms with E-state index < -0.39 is 29.2 Å². The lowest BCUT2D eigenvalue weighted by Gasteiger charge is -2.26. The molecule has 2 aromatic rings. The maximum atomic E-state index is 13.8. The van der Waals surface area contributed by atoms with E-state index in [1.807, 2.05) is 0 Å². The fourth-order valence-corrected chi connectivity index (χ4v) is 3.43. The average molecular weight is 459 g/mol. The third kappa shape index (κ3) is 5.55. The molecule has 3 rings (SSSR count). The summed E-state index contributed by atoms with van der Waals surface area (Å²) in [7, 11) is 0. The fourth-order valence-electron chi connectivity index (χ4n) is 3.43. The molecule has 176 valence electrons. The Balaban J connectivity index is 1.72. The van der Waals surface area contributed by atoms with Crippen LogP contribution in [0, 0.1) is 11.6 Å². The summed E-state index contributed by atoms with van der Waals surface area (Å²) < 4.78 is 39.1. The third-order valence-electron chi connectivity index (χ3n) is 5.31. The second-order valence-corrected chi connectivity index (χ2v) is 7.55. The highest BCUT2D eigenvalue weighted by Crippen LogP contribution is 2.32. The quantitative estimate of drug-likeness (QED) is 0.273. The minimum atomic E-state index is -1.30. The summed E-state index contributed by atoms with van der Waals surface area (Å²) in [5.41, 5.74) is 4.26. The Kier molecular flexibility index (Phi) is 8.13. The van der Waals surface area contributed by atoms with Gasteiger partial charge in [-0.2, -0.15) is 0 Å². The number of aliphatic hydroxyl groups excluding tert-OH is 1. The van der Waals surface area contributed by atoms with E-state index in [1.165, 1.54) is 6.07 Å². The monoisotopic (exact) mass is 459 g/mol. The van der Waals surface area contributed by atoms with Gasteiger partial charge in [0.15, 0.2) is 5.54 Å². The number of aliphatic hydroxyl groups is 1. The number of benzene rings is 2. The number of rotatable bonds is 11. The first kappa shape index (κ1) is 24.3. The average Bonchev–Trinajstić information content (AvgIpc) is 3.14. The number of nitrogens with one attached hydrogen (secondary N) is 2. The number of hydrazine groups is 1. The maximum Gasteiger partial charge on any atom is 0.266 e. The molecular weight excluding hydrogens is 432 g/mol. The molecule has 0 radical (unpaired) electrons. The van der Waals surface area contributed by atoms with E-state index in [-0.39, 0.29) is 25.1 Å². The molecule has 2 atom stereocenters. The van der Waals surface area contributed by atoms with Crippen LogP contribution >= 0.6 is 0 Å². The summed E-state index contributed by atoms with van der Waals surface area (Å²) in [5, 5.41) is 8.84. The van der Waals surface area contributed by atoms with Crippen LogP contribution in [0.3, 0.4) is 0 Å². The predicted octanol–water partition coefficient (Wildman–Crippen LogP) is 3.03. The van der Waals surface area contributed by atoms with Crippen molar-refractivity contribution in [3.63, 3.8) is 0 Å². The van der Waals surface area contributed by atoms with Gasteiger partial charge in [0.1, 0.15) is 23.5 Å². The first-order valence-electron chi connectivity index (χ1n) is 10.6. The van der Waals surface area contributed by atoms with Crippen molar-refractivity contribution in [3.8, 4) is 5.75 Å². The van der Waals surface area contributed by atoms with Crippen LogP contribution in [0.4, 0.5) is 8.78 Å². The molecule has 1 aliphatic rings. The van der Waals surface area contributed by atoms with Gasteiger partial charge in [0, 0.05) is 37.1 Å². The minimum Gasteiger partial charge on any atom is -0.494 e. The molecular formula is C24H27F2N3O4. The number of ether oxygens (including phenoxy) is 2. The van der Waals surface area contributed by atoms with Gasteiger partial charge in [0.25, 0.3) is 5.91 Å². The van der Waals surface area contributed by atoms with Gasteiger partial charge in [-0.05, 0) is 43.3 Å². The Morgan fingerprint density at radius 3 is 2.61 bits per heavy atom. The smallest absolute Gasteiger partial charge is 0.266 e. The fraction of sp³-hybridized carbons (Fsp3) is 0.333. The van der Waals surface area contributed by atoms with Gasteiger partial charge >= 0.3 is 0 Å². The van der Waals surface area contributed by atoms with Gasteiger partial charge in [0.2, 0.25) is 5.90 Å². The first-order chi connectivity index (χ1) is 15.9. The van der Waals surface area contributed by atoms with Gasteiger partial charge in [-0.3, -0.25) is 10.2 Å². The van der Waals surface area contributed by atoms with Crippen LogP contribution in [-0.2, 0) is 16.1 Å². The number of hydrogen-bond acceptors (Lipinski definition) is 6. The lowest BCUT2D eigenvalue weighted by atomic mass is 9.90. The molecule has 0 saturated carbocycles. The van der Waals surface area contributed by atoms with Crippen molar-refractivity contribution in [2.75, 3.05) is 13.2 Å². The summed E-state index contributed by atoms with van der Waals surface area (Å²) in [6.45, 7) is 5.66. The van der Waals surface area contributed by atoms with Crippen LogP contribution < -0.4 is 15.6 Å². The molecule has 0 bridgehead atoms. The molecule has 0 saturated heterocycles. The molecule has 0 fully saturated rings. The molecule has 0 spiro atoms. The molecule has 33 heavy (non-hydrogen) atoms. The standard InChI is InChI=1S/C24H27F2N3O4/c1-3-12-24(23(31)29-27-15-19-20(25)6-4-7-21(19)26)16(2)33-22(28-24)17-8-10-18(11-9-17)32-14-5-13-30/h3-4,6-11,16,27,30H,1,5,12-15H2,2H3,(H,29,31)/t16-,24-/m0/s1. The topological polar surface area (TPSA) is 92.2 Å². The predicted molar refractivity (Wildman–Crippen MR) is 120 cm³/mol. The zero-order chi connectivity index (χ0) is 23.8. The molecule has 0 aromatic heterocycles. The van der Waals surface area contributed by atoms with Gasteiger partial charge in [-0.1, -0.05) is 12.1 Å². The Bertz CT molecular complexity index is 993. The van der Waals surface area contributed by atoms with Crippen molar-refractivity contribution in [1.29, 1.82) is 0 Å². The first-order valence-corrected chi connectivity index (χ1v) is 10.6. The number of carbonyl (C=O) groups is 1. The van der Waals surface area contributed by atoms with Crippen LogP contribution in [0.5, 0.6) is 5.75 Å². The molecule has 0 aliphatic carbocycles. The molecule has 1 amide bonds. The van der Waals surface area contributed by atoms with Crippen molar-refractivity contribution >= 4 is 11.8 Å². The lowest BCUT2D eigenvalue weighted by Crippen LogP contribution is -2.54. The third-order valence-corrected chi connectivity index (χ3v) is 5.31. The van der Waals surface area contributed by atoms with Crippen molar-refractivity contribution in [2.24, 2.45) is 4.99 Å². The van der Waals surface area contributed by atoms with Crippen LogP contribution in [0.25, 0.3) is 0 Å². The van der Waals surface area contributed by atoms with E-state index in [9.17, 15) is 13.6 Å². The summed E-state index contributed by atoms with van der Waals surface area (Å²) in [6.07, 6.45) is 1.69. The van der Waals surface area contributed by atoms with Gasteiger partial charge in [-0.25, -0.2) is 19.2 Å². The van der Waals surface area contributed by atoms with Gasteiger partial charge in [-0.15, -0.1) is 6.58 Å². The number of amides is 1. The van der Waals surface area contributed by atoms with E-state index in [0.717, 1.165) is 12.1 Å². The summed E-state index contributed by atoms with van der Waals surface area (Å²) in [4.78, 5) is 17.6. The number of hydrogen-bond donors (Lipinski definition) is 3. The molecule has 1 heterocycles. The Morgan fingerprint density at radius 2 is 1.97 bits per heavy atom. The van der Waals surface area contributed by atoms with Crippen LogP contribution in [0.2, 0.25) is 0 Å². The second-order valence-electron chi connectivity index (χ2n) is 7.55. The molecule has 0 unspecified atom stereocenters. The summed E-state index contributed by atoms with van der Waals surface area (Å²) in [6, 6.07) is 10.6. The highest BCUT2D eigenvalue weighted by molar-refractivity contribution is 6.00. The summed E-state index contributed by atoms with van der Waals surface area (Å²) in [5.74, 6) is -0.996. The number of carbonyl (C=O) groups excluding carboxylic acids is 1. The normalized spacial score (nSPS) is 19.5. The van der Waals surface area contributed by atoms with Crippen LogP contribution in [0.1, 0.15) is 30.9 Å². The van der Waals surface area contributed by atoms with Gasteiger partial charge in [0.05, 0.1) is 6.61 Å². The van der Waals surface area contributed by atoms with Crippen LogP contribution in [-0.4, -0.2) is 41.8 Å². The van der Waals surface area contributed by atoms with Crippen LogP contribution in [0.15, 0.2) is 60.1 Å².